The van der Waals surface area contributed by atoms with E-state index in [9.17, 15) is 9.59 Å². The third kappa shape index (κ3) is 5.16. The number of hydrogen-bond donors (Lipinski definition) is 1. The van der Waals surface area contributed by atoms with Gasteiger partial charge in [0.05, 0.1) is 20.3 Å². The lowest BCUT2D eigenvalue weighted by Crippen LogP contribution is -3.20. The van der Waals surface area contributed by atoms with Crippen molar-refractivity contribution in [2.75, 3.05) is 47.1 Å². The molecule has 10 heteroatoms. The highest BCUT2D eigenvalue weighted by atomic mass is 79.9. The van der Waals surface area contributed by atoms with Gasteiger partial charge < -0.3 is 19.0 Å². The smallest absolute Gasteiger partial charge is 0.434 e. The van der Waals surface area contributed by atoms with E-state index in [0.29, 0.717) is 43.7 Å². The molecular formula is C23H32BrN2O7+. The number of piperidine rings is 1. The Labute approximate surface area is 202 Å². The molecule has 1 saturated heterocycles. The summed E-state index contributed by atoms with van der Waals surface area (Å²) in [5.74, 6) is -0.00862. The van der Waals surface area contributed by atoms with Crippen LogP contribution >= 0.6 is 15.9 Å². The largest absolute Gasteiger partial charge is 0.513 e. The molecule has 33 heavy (non-hydrogen) atoms. The van der Waals surface area contributed by atoms with Gasteiger partial charge in [-0.25, -0.2) is 9.59 Å². The van der Waals surface area contributed by atoms with Crippen molar-refractivity contribution >= 4 is 33.6 Å². The van der Waals surface area contributed by atoms with Crippen LogP contribution in [0.4, 0.5) is 4.79 Å². The van der Waals surface area contributed by atoms with Crippen molar-refractivity contribution < 1.29 is 38.5 Å². The normalized spacial score (nSPS) is 20.5. The molecule has 0 saturated carbocycles. The zero-order chi connectivity index (χ0) is 24.2. The van der Waals surface area contributed by atoms with E-state index in [1.54, 1.807) is 21.1 Å². The minimum atomic E-state index is -0.904. The van der Waals surface area contributed by atoms with E-state index in [1.807, 2.05) is 31.0 Å². The molecule has 2 aliphatic heterocycles. The van der Waals surface area contributed by atoms with Crippen LogP contribution in [-0.4, -0.2) is 69.8 Å². The number of methoxy groups -OCH3 is 1. The monoisotopic (exact) mass is 527 g/mol. The molecule has 1 unspecified atom stereocenters. The Morgan fingerprint density at radius 3 is 2.45 bits per heavy atom. The molecule has 0 bridgehead atoms. The number of halogens is 1. The highest BCUT2D eigenvalue weighted by Gasteiger charge is 2.62. The van der Waals surface area contributed by atoms with Gasteiger partial charge in [-0.05, 0) is 38.0 Å². The van der Waals surface area contributed by atoms with E-state index in [2.05, 4.69) is 15.9 Å². The highest BCUT2D eigenvalue weighted by Crippen LogP contribution is 2.41. The predicted molar refractivity (Wildman–Crippen MR) is 123 cm³/mol. The molecule has 1 aromatic rings. The molecule has 182 valence electrons. The molecule has 0 aliphatic carbocycles. The average molecular weight is 528 g/mol. The van der Waals surface area contributed by atoms with E-state index >= 15 is 0 Å². The van der Waals surface area contributed by atoms with E-state index in [0.717, 1.165) is 15.6 Å². The minimum Gasteiger partial charge on any atom is -0.434 e. The van der Waals surface area contributed by atoms with Crippen LogP contribution in [0.3, 0.4) is 0 Å². The Morgan fingerprint density at radius 1 is 1.18 bits per heavy atom. The molecule has 0 aromatic heterocycles. The predicted octanol–water partition coefficient (Wildman–Crippen LogP) is 2.35. The fourth-order valence-corrected chi connectivity index (χ4v) is 5.42. The third-order valence-electron chi connectivity index (χ3n) is 6.03. The summed E-state index contributed by atoms with van der Waals surface area (Å²) in [5.41, 5.74) is 2.04. The van der Waals surface area contributed by atoms with Crippen molar-refractivity contribution in [3.8, 4) is 0 Å². The molecule has 9 nitrogen and oxygen atoms in total. The maximum atomic E-state index is 13.9. The summed E-state index contributed by atoms with van der Waals surface area (Å²) in [4.78, 5) is 37.9. The summed E-state index contributed by atoms with van der Waals surface area (Å²) in [6, 6.07) is 3.93. The Kier molecular flexibility index (Phi) is 8.65. The third-order valence-corrected chi connectivity index (χ3v) is 6.65. The summed E-state index contributed by atoms with van der Waals surface area (Å²) >= 11 is 3.62. The van der Waals surface area contributed by atoms with Crippen molar-refractivity contribution in [3.05, 3.63) is 39.1 Å². The second-order valence-electron chi connectivity index (χ2n) is 8.12. The Balaban J connectivity index is 2.18. The Morgan fingerprint density at radius 2 is 1.88 bits per heavy atom. The number of nitrogens with one attached hydrogen (secondary N) is 1. The van der Waals surface area contributed by atoms with E-state index in [-0.39, 0.29) is 29.9 Å². The lowest BCUT2D eigenvalue weighted by molar-refractivity contribution is -1.06. The van der Waals surface area contributed by atoms with Gasteiger partial charge in [0.25, 0.3) is 0 Å². The maximum Gasteiger partial charge on any atom is 0.513 e. The van der Waals surface area contributed by atoms with Gasteiger partial charge in [0.2, 0.25) is 0 Å². The molecule has 2 aliphatic rings. The number of carbonyl (C=O) groups is 2. The van der Waals surface area contributed by atoms with Gasteiger partial charge in [-0.3, -0.25) is 0 Å². The number of benzene rings is 1. The summed E-state index contributed by atoms with van der Waals surface area (Å²) in [6.45, 7) is 7.39. The molecule has 2 heterocycles. The number of nitrogens with zero attached hydrogens (tertiary/aromatic N) is 1. The summed E-state index contributed by atoms with van der Waals surface area (Å²) in [7, 11) is 3.19. The molecule has 1 fully saturated rings. The first kappa shape index (κ1) is 25.8. The number of hydrogen-bond acceptors (Lipinski definition) is 8. The van der Waals surface area contributed by atoms with E-state index in [1.165, 1.54) is 0 Å². The molecule has 1 atom stereocenters. The molecule has 0 radical (unpaired) electrons. The SMILES string of the molecule is CCOC(=O)OC1=C(c2c(C)cc(C)cc2Br)C(=O)[NH+](OCCOC)C12CCN(OC)CC2. The number of carbonyl (C=O) groups excluding carboxylic acids is 2. The van der Waals surface area contributed by atoms with Gasteiger partial charge in [-0.1, -0.05) is 22.0 Å². The topological polar surface area (TPSA) is 88.0 Å². The van der Waals surface area contributed by atoms with Gasteiger partial charge in [0, 0.05) is 43.1 Å². The highest BCUT2D eigenvalue weighted by molar-refractivity contribution is 9.10. The van der Waals surface area contributed by atoms with Gasteiger partial charge in [-0.15, -0.1) is 5.06 Å². The Bertz CT molecular complexity index is 902. The van der Waals surface area contributed by atoms with Crippen LogP contribution in [0.5, 0.6) is 0 Å². The second-order valence-corrected chi connectivity index (χ2v) is 8.98. The molecule has 1 N–H and O–H groups in total. The first-order valence-corrected chi connectivity index (χ1v) is 11.8. The van der Waals surface area contributed by atoms with Crippen LogP contribution in [0.2, 0.25) is 0 Å². The van der Waals surface area contributed by atoms with E-state index in [4.69, 9.17) is 23.9 Å². The van der Waals surface area contributed by atoms with Gasteiger partial charge in [0.1, 0.15) is 12.2 Å². The zero-order valence-corrected chi connectivity index (χ0v) is 21.4. The fourth-order valence-electron chi connectivity index (χ4n) is 4.55. The fraction of sp³-hybridized carbons (Fsp3) is 0.565. The van der Waals surface area contributed by atoms with Gasteiger partial charge in [-0.2, -0.15) is 9.90 Å². The van der Waals surface area contributed by atoms with Crippen molar-refractivity contribution in [1.29, 1.82) is 0 Å². The van der Waals surface area contributed by atoms with Gasteiger partial charge >= 0.3 is 12.1 Å². The lowest BCUT2D eigenvalue weighted by atomic mass is 9.85. The number of amides is 1. The molecule has 3 rings (SSSR count). The van der Waals surface area contributed by atoms with Crippen molar-refractivity contribution in [1.82, 2.24) is 5.06 Å². The molecule has 1 amide bonds. The lowest BCUT2D eigenvalue weighted by Gasteiger charge is -2.39. The van der Waals surface area contributed by atoms with Crippen LogP contribution in [0.15, 0.2) is 22.4 Å². The first-order valence-electron chi connectivity index (χ1n) is 11.0. The second kappa shape index (κ2) is 11.1. The summed E-state index contributed by atoms with van der Waals surface area (Å²) in [5, 5.41) is 2.09. The zero-order valence-electron chi connectivity index (χ0n) is 19.8. The summed E-state index contributed by atoms with van der Waals surface area (Å²) in [6.07, 6.45) is 0.121. The van der Waals surface area contributed by atoms with Crippen molar-refractivity contribution in [2.45, 2.75) is 39.2 Å². The maximum absolute atomic E-state index is 13.9. The van der Waals surface area contributed by atoms with E-state index < -0.39 is 11.7 Å². The van der Waals surface area contributed by atoms with Crippen LogP contribution in [0, 0.1) is 13.8 Å². The van der Waals surface area contributed by atoms with Crippen LogP contribution < -0.4 is 5.06 Å². The minimum absolute atomic E-state index is 0.161. The summed E-state index contributed by atoms with van der Waals surface area (Å²) < 4.78 is 16.8. The van der Waals surface area contributed by atoms with Crippen molar-refractivity contribution in [3.63, 3.8) is 0 Å². The van der Waals surface area contributed by atoms with Crippen molar-refractivity contribution in [2.24, 2.45) is 0 Å². The number of quaternary nitrogens is 1. The first-order chi connectivity index (χ1) is 15.8. The molecule has 1 spiro atoms. The quantitative estimate of drug-likeness (QED) is 0.407. The number of hydroxylamine groups is 4. The standard InChI is InChI=1S/C23H31BrN2O7/c1-6-31-22(28)33-20-19(18-16(3)13-15(2)14-17(18)24)21(27)26(32-12-11-29-4)23(20)7-9-25(30-5)10-8-23/h13-14H,6-12H2,1-5H3/p+1. The average Bonchev–Trinajstić information content (AvgIpc) is 2.97. The van der Waals surface area contributed by atoms with Crippen LogP contribution in [-0.2, 0) is 28.7 Å². The number of aryl methyl sites for hydroxylation is 2. The van der Waals surface area contributed by atoms with Crippen LogP contribution in [0.25, 0.3) is 5.57 Å². The number of ether oxygens (including phenoxy) is 3. The Hall–Kier alpha value is -1.82. The number of rotatable bonds is 8. The van der Waals surface area contributed by atoms with Crippen LogP contribution in [0.1, 0.15) is 36.5 Å². The molecular weight excluding hydrogens is 496 g/mol. The van der Waals surface area contributed by atoms with Gasteiger partial charge in [0.15, 0.2) is 11.3 Å². The molecule has 1 aromatic carbocycles.